The van der Waals surface area contributed by atoms with Gasteiger partial charge in [-0.05, 0) is 30.3 Å². The molecule has 0 spiro atoms. The Morgan fingerprint density at radius 1 is 1.22 bits per heavy atom. The monoisotopic (exact) mass is 317 g/mol. The molecular weight excluding hydrogens is 302 g/mol. The van der Waals surface area contributed by atoms with Gasteiger partial charge in [-0.25, -0.2) is 0 Å². The number of nitrogens with one attached hydrogen (secondary N) is 1. The first-order valence-electron chi connectivity index (χ1n) is 6.53. The summed E-state index contributed by atoms with van der Waals surface area (Å²) in [5, 5.41) is 24.7. The van der Waals surface area contributed by atoms with Gasteiger partial charge in [0.15, 0.2) is 11.5 Å². The van der Waals surface area contributed by atoms with E-state index in [1.54, 1.807) is 31.4 Å². The minimum Gasteiger partial charge on any atom is -0.504 e. The van der Waals surface area contributed by atoms with E-state index in [-0.39, 0.29) is 22.7 Å². The smallest absolute Gasteiger partial charge is 0.282 e. The number of nitrogens with zero attached hydrogens (tertiary/aromatic N) is 2. The number of nitro groups is 1. The first-order valence-corrected chi connectivity index (χ1v) is 6.53. The lowest BCUT2D eigenvalue weighted by Gasteiger charge is -2.05. The van der Waals surface area contributed by atoms with E-state index in [0.29, 0.717) is 11.4 Å². The average Bonchev–Trinajstić information content (AvgIpc) is 2.55. The largest absolute Gasteiger partial charge is 0.504 e. The summed E-state index contributed by atoms with van der Waals surface area (Å²) in [6.45, 7) is 0. The predicted molar refractivity (Wildman–Crippen MR) is 85.5 cm³/mol. The number of benzene rings is 2. The van der Waals surface area contributed by atoms with E-state index in [1.807, 2.05) is 0 Å². The molecule has 0 bridgehead atoms. The van der Waals surface area contributed by atoms with Crippen molar-refractivity contribution in [3.63, 3.8) is 0 Å². The van der Waals surface area contributed by atoms with Crippen LogP contribution in [-0.2, 0) is 0 Å². The van der Waals surface area contributed by atoms with Crippen LogP contribution in [0.1, 0.15) is 5.56 Å². The lowest BCUT2D eigenvalue weighted by Crippen LogP contribution is -1.98. The van der Waals surface area contributed by atoms with Gasteiger partial charge in [-0.3, -0.25) is 15.5 Å². The number of phenols is 1. The van der Waals surface area contributed by atoms with Gasteiger partial charge in [0.2, 0.25) is 0 Å². The first kappa shape index (κ1) is 16.1. The number of aromatic hydroxyl groups is 1. The van der Waals surface area contributed by atoms with Gasteiger partial charge in [0.25, 0.3) is 5.69 Å². The molecule has 23 heavy (non-hydrogen) atoms. The van der Waals surface area contributed by atoms with Gasteiger partial charge in [0.1, 0.15) is 5.75 Å². The number of methoxy groups -OCH3 is 2. The summed E-state index contributed by atoms with van der Waals surface area (Å²) in [7, 11) is 2.88. The van der Waals surface area contributed by atoms with Crippen LogP contribution in [0.25, 0.3) is 0 Å². The van der Waals surface area contributed by atoms with Gasteiger partial charge in [-0.15, -0.1) is 0 Å². The van der Waals surface area contributed by atoms with Gasteiger partial charge in [0, 0.05) is 0 Å². The molecule has 2 aromatic carbocycles. The molecule has 0 saturated heterocycles. The number of anilines is 1. The Bertz CT molecular complexity index is 729. The Kier molecular flexibility index (Phi) is 4.98. The van der Waals surface area contributed by atoms with Crippen LogP contribution in [0.4, 0.5) is 11.4 Å². The molecule has 0 atom stereocenters. The molecule has 2 aromatic rings. The van der Waals surface area contributed by atoms with Crippen molar-refractivity contribution in [2.45, 2.75) is 0 Å². The van der Waals surface area contributed by atoms with Crippen molar-refractivity contribution in [1.29, 1.82) is 0 Å². The number of phenolic OH excluding ortho intramolecular Hbond substituents is 1. The molecular formula is C15H15N3O5. The van der Waals surface area contributed by atoms with Crippen molar-refractivity contribution in [1.82, 2.24) is 0 Å². The molecule has 0 aliphatic heterocycles. The topological polar surface area (TPSA) is 106 Å². The predicted octanol–water partition coefficient (Wildman–Crippen LogP) is 2.76. The van der Waals surface area contributed by atoms with Crippen LogP contribution in [0.3, 0.4) is 0 Å². The number of ether oxygens (including phenoxy) is 2. The normalized spacial score (nSPS) is 10.5. The summed E-state index contributed by atoms with van der Waals surface area (Å²) < 4.78 is 9.90. The van der Waals surface area contributed by atoms with Crippen LogP contribution in [0, 0.1) is 10.1 Å². The second-order valence-corrected chi connectivity index (χ2v) is 4.44. The van der Waals surface area contributed by atoms with Crippen molar-refractivity contribution in [3.8, 4) is 17.2 Å². The lowest BCUT2D eigenvalue weighted by atomic mass is 10.1. The second-order valence-electron chi connectivity index (χ2n) is 4.44. The van der Waals surface area contributed by atoms with Crippen LogP contribution in [0.5, 0.6) is 17.2 Å². The van der Waals surface area contributed by atoms with Gasteiger partial charge in [-0.2, -0.15) is 5.10 Å². The van der Waals surface area contributed by atoms with E-state index < -0.39 is 4.92 Å². The van der Waals surface area contributed by atoms with E-state index in [4.69, 9.17) is 9.47 Å². The van der Waals surface area contributed by atoms with E-state index >= 15 is 0 Å². The van der Waals surface area contributed by atoms with Crippen LogP contribution in [0.15, 0.2) is 41.5 Å². The van der Waals surface area contributed by atoms with Crippen molar-refractivity contribution >= 4 is 17.6 Å². The highest BCUT2D eigenvalue weighted by Crippen LogP contribution is 2.32. The van der Waals surface area contributed by atoms with Gasteiger partial charge < -0.3 is 14.6 Å². The van der Waals surface area contributed by atoms with Crippen LogP contribution in [-0.4, -0.2) is 30.5 Å². The summed E-state index contributed by atoms with van der Waals surface area (Å²) in [5.41, 5.74) is 3.35. The SMILES string of the molecule is COc1ccc(N/N=C/c2cc(O)c(OC)cc2[N+](=O)[O-])cc1. The van der Waals surface area contributed by atoms with E-state index in [2.05, 4.69) is 10.5 Å². The number of rotatable bonds is 6. The van der Waals surface area contributed by atoms with Crippen molar-refractivity contribution in [2.24, 2.45) is 5.10 Å². The third-order valence-electron chi connectivity index (χ3n) is 3.01. The standard InChI is InChI=1S/C15H15N3O5/c1-22-12-5-3-11(4-6-12)17-16-9-10-7-14(19)15(23-2)8-13(10)18(20)21/h3-9,17,19H,1-2H3/b16-9+. The number of hydrogen-bond acceptors (Lipinski definition) is 7. The molecule has 0 heterocycles. The Balaban J connectivity index is 2.20. The molecule has 0 aliphatic rings. The fraction of sp³-hybridized carbons (Fsp3) is 0.133. The zero-order valence-electron chi connectivity index (χ0n) is 12.5. The first-order chi connectivity index (χ1) is 11.0. The zero-order chi connectivity index (χ0) is 16.8. The molecule has 2 N–H and O–H groups in total. The fourth-order valence-electron chi connectivity index (χ4n) is 1.84. The lowest BCUT2D eigenvalue weighted by molar-refractivity contribution is -0.385. The van der Waals surface area contributed by atoms with Crippen molar-refractivity contribution in [3.05, 3.63) is 52.1 Å². The molecule has 0 saturated carbocycles. The molecule has 2 rings (SSSR count). The number of hydrogen-bond donors (Lipinski definition) is 2. The van der Waals surface area contributed by atoms with Crippen molar-refractivity contribution in [2.75, 3.05) is 19.6 Å². The summed E-state index contributed by atoms with van der Waals surface area (Å²) in [5.74, 6) is 0.524. The highest BCUT2D eigenvalue weighted by Gasteiger charge is 2.17. The molecule has 0 aromatic heterocycles. The second kappa shape index (κ2) is 7.12. The van der Waals surface area contributed by atoms with E-state index in [1.165, 1.54) is 19.4 Å². The van der Waals surface area contributed by atoms with Crippen LogP contribution >= 0.6 is 0 Å². The zero-order valence-corrected chi connectivity index (χ0v) is 12.5. The third kappa shape index (κ3) is 3.88. The van der Waals surface area contributed by atoms with Crippen LogP contribution in [0.2, 0.25) is 0 Å². The summed E-state index contributed by atoms with van der Waals surface area (Å²) in [6, 6.07) is 9.35. The maximum Gasteiger partial charge on any atom is 0.282 e. The highest BCUT2D eigenvalue weighted by atomic mass is 16.6. The maximum atomic E-state index is 11.1. The Morgan fingerprint density at radius 2 is 1.91 bits per heavy atom. The molecule has 0 radical (unpaired) electrons. The number of nitro benzene ring substituents is 1. The number of hydrazone groups is 1. The third-order valence-corrected chi connectivity index (χ3v) is 3.01. The Morgan fingerprint density at radius 3 is 2.48 bits per heavy atom. The molecule has 8 nitrogen and oxygen atoms in total. The maximum absolute atomic E-state index is 11.1. The Labute approximate surface area is 132 Å². The Hall–Kier alpha value is -3.29. The fourth-order valence-corrected chi connectivity index (χ4v) is 1.84. The molecule has 0 aliphatic carbocycles. The average molecular weight is 317 g/mol. The van der Waals surface area contributed by atoms with Crippen molar-refractivity contribution < 1.29 is 19.5 Å². The van der Waals surface area contributed by atoms with E-state index in [9.17, 15) is 15.2 Å². The highest BCUT2D eigenvalue weighted by molar-refractivity contribution is 5.87. The summed E-state index contributed by atoms with van der Waals surface area (Å²) in [6.07, 6.45) is 1.25. The summed E-state index contributed by atoms with van der Waals surface area (Å²) >= 11 is 0. The molecule has 8 heteroatoms. The molecule has 0 fully saturated rings. The van der Waals surface area contributed by atoms with E-state index in [0.717, 1.165) is 6.07 Å². The van der Waals surface area contributed by atoms with Gasteiger partial charge >= 0.3 is 0 Å². The molecule has 0 unspecified atom stereocenters. The van der Waals surface area contributed by atoms with Gasteiger partial charge in [0.05, 0.1) is 42.7 Å². The molecule has 120 valence electrons. The van der Waals surface area contributed by atoms with Gasteiger partial charge in [-0.1, -0.05) is 0 Å². The van der Waals surface area contributed by atoms with Crippen LogP contribution < -0.4 is 14.9 Å². The minimum atomic E-state index is -0.573. The molecule has 0 amide bonds. The summed E-state index contributed by atoms with van der Waals surface area (Å²) in [4.78, 5) is 10.5. The quantitative estimate of drug-likeness (QED) is 0.482. The minimum absolute atomic E-state index is 0.0250.